The summed E-state index contributed by atoms with van der Waals surface area (Å²) in [6.45, 7) is 5.88. The summed E-state index contributed by atoms with van der Waals surface area (Å²) in [6, 6.07) is 24.9. The SMILES string of the molecule is Cc1cc([C@@H]2[C@H](c3ccccn3)NC(=S)N2Cc2ccccn2)c(C)n1Cc1ccccc1. The lowest BCUT2D eigenvalue weighted by atomic mass is 9.96. The Balaban J connectivity index is 1.56. The monoisotopic (exact) mass is 453 g/mol. The van der Waals surface area contributed by atoms with Gasteiger partial charge in [-0.2, -0.15) is 0 Å². The molecule has 5 rings (SSSR count). The lowest BCUT2D eigenvalue weighted by Crippen LogP contribution is -2.29. The first kappa shape index (κ1) is 21.3. The highest BCUT2D eigenvalue weighted by Gasteiger charge is 2.41. The van der Waals surface area contributed by atoms with Gasteiger partial charge in [0, 0.05) is 30.3 Å². The van der Waals surface area contributed by atoms with Crippen LogP contribution in [0.15, 0.2) is 85.2 Å². The van der Waals surface area contributed by atoms with Crippen molar-refractivity contribution in [3.8, 4) is 0 Å². The molecule has 33 heavy (non-hydrogen) atoms. The Labute approximate surface area is 200 Å². The first-order valence-electron chi connectivity index (χ1n) is 11.2. The van der Waals surface area contributed by atoms with Gasteiger partial charge in [0.15, 0.2) is 5.11 Å². The number of nitrogens with zero attached hydrogens (tertiary/aromatic N) is 4. The number of thiocarbonyl (C=S) groups is 1. The van der Waals surface area contributed by atoms with E-state index in [0.29, 0.717) is 6.54 Å². The van der Waals surface area contributed by atoms with Crippen molar-refractivity contribution in [3.05, 3.63) is 119 Å². The number of nitrogens with one attached hydrogen (secondary N) is 1. The Morgan fingerprint density at radius 1 is 0.879 bits per heavy atom. The molecular weight excluding hydrogens is 426 g/mol. The van der Waals surface area contributed by atoms with E-state index >= 15 is 0 Å². The molecule has 0 radical (unpaired) electrons. The zero-order valence-corrected chi connectivity index (χ0v) is 19.7. The van der Waals surface area contributed by atoms with Crippen LogP contribution >= 0.6 is 12.2 Å². The van der Waals surface area contributed by atoms with Crippen molar-refractivity contribution in [3.63, 3.8) is 0 Å². The van der Waals surface area contributed by atoms with E-state index in [1.54, 1.807) is 0 Å². The van der Waals surface area contributed by atoms with Crippen LogP contribution in [0.3, 0.4) is 0 Å². The maximum atomic E-state index is 5.83. The number of hydrogen-bond acceptors (Lipinski definition) is 3. The van der Waals surface area contributed by atoms with Crippen molar-refractivity contribution in [2.24, 2.45) is 0 Å². The van der Waals surface area contributed by atoms with Gasteiger partial charge in [-0.15, -0.1) is 0 Å². The minimum absolute atomic E-state index is 0.0186. The van der Waals surface area contributed by atoms with E-state index in [2.05, 4.69) is 81.1 Å². The van der Waals surface area contributed by atoms with E-state index in [1.807, 2.05) is 42.7 Å². The van der Waals surface area contributed by atoms with Gasteiger partial charge in [0.05, 0.1) is 30.0 Å². The highest BCUT2D eigenvalue weighted by molar-refractivity contribution is 7.80. The summed E-state index contributed by atoms with van der Waals surface area (Å²) in [4.78, 5) is 11.5. The third-order valence-corrected chi connectivity index (χ3v) is 6.72. The predicted octanol–water partition coefficient (Wildman–Crippen LogP) is 5.12. The summed E-state index contributed by atoms with van der Waals surface area (Å²) in [5, 5.41) is 4.28. The number of rotatable bonds is 6. The van der Waals surface area contributed by atoms with Crippen molar-refractivity contribution < 1.29 is 0 Å². The van der Waals surface area contributed by atoms with Gasteiger partial charge in [0.25, 0.3) is 0 Å². The fourth-order valence-corrected chi connectivity index (χ4v) is 5.02. The van der Waals surface area contributed by atoms with Crippen LogP contribution in [-0.2, 0) is 13.1 Å². The smallest absolute Gasteiger partial charge is 0.170 e. The molecule has 0 saturated carbocycles. The van der Waals surface area contributed by atoms with Crippen molar-refractivity contribution in [1.82, 2.24) is 24.8 Å². The van der Waals surface area contributed by atoms with Crippen LogP contribution in [0.1, 0.15) is 46.0 Å². The van der Waals surface area contributed by atoms with Crippen LogP contribution in [0.2, 0.25) is 0 Å². The normalized spacial score (nSPS) is 17.9. The van der Waals surface area contributed by atoms with Crippen molar-refractivity contribution >= 4 is 17.3 Å². The molecule has 0 spiro atoms. The van der Waals surface area contributed by atoms with Gasteiger partial charge >= 0.3 is 0 Å². The van der Waals surface area contributed by atoms with Crippen LogP contribution in [0, 0.1) is 13.8 Å². The summed E-state index contributed by atoms with van der Waals surface area (Å²) in [7, 11) is 0. The Bertz CT molecular complexity index is 1240. The number of benzene rings is 1. The quantitative estimate of drug-likeness (QED) is 0.411. The Kier molecular flexibility index (Phi) is 5.92. The van der Waals surface area contributed by atoms with E-state index in [4.69, 9.17) is 12.2 Å². The van der Waals surface area contributed by atoms with Crippen molar-refractivity contribution in [1.29, 1.82) is 0 Å². The largest absolute Gasteiger partial charge is 0.352 e. The van der Waals surface area contributed by atoms with Gasteiger partial charge in [0.1, 0.15) is 0 Å². The minimum Gasteiger partial charge on any atom is -0.352 e. The maximum absolute atomic E-state index is 5.83. The van der Waals surface area contributed by atoms with E-state index in [0.717, 1.165) is 23.0 Å². The first-order valence-corrected chi connectivity index (χ1v) is 11.6. The molecule has 4 aromatic rings. The molecule has 1 aliphatic heterocycles. The molecule has 166 valence electrons. The van der Waals surface area contributed by atoms with Gasteiger partial charge < -0.3 is 14.8 Å². The van der Waals surface area contributed by atoms with Gasteiger partial charge in [-0.3, -0.25) is 9.97 Å². The molecule has 1 aliphatic rings. The van der Waals surface area contributed by atoms with Gasteiger partial charge in [-0.05, 0) is 67.5 Å². The molecule has 1 saturated heterocycles. The number of aromatic nitrogens is 3. The van der Waals surface area contributed by atoms with Crippen LogP contribution in [-0.4, -0.2) is 24.5 Å². The number of hydrogen-bond donors (Lipinski definition) is 1. The summed E-state index contributed by atoms with van der Waals surface area (Å²) < 4.78 is 2.39. The molecule has 4 heterocycles. The van der Waals surface area contributed by atoms with Gasteiger partial charge in [0.2, 0.25) is 0 Å². The fourth-order valence-electron chi connectivity index (χ4n) is 4.72. The summed E-state index contributed by atoms with van der Waals surface area (Å²) in [5.41, 5.74) is 7.02. The average molecular weight is 454 g/mol. The average Bonchev–Trinajstić information content (AvgIpc) is 3.31. The van der Waals surface area contributed by atoms with Crippen LogP contribution in [0.5, 0.6) is 0 Å². The lowest BCUT2D eigenvalue weighted by molar-refractivity contribution is 0.307. The number of aryl methyl sites for hydroxylation is 1. The highest BCUT2D eigenvalue weighted by Crippen LogP contribution is 2.41. The second kappa shape index (κ2) is 9.16. The maximum Gasteiger partial charge on any atom is 0.170 e. The predicted molar refractivity (Wildman–Crippen MR) is 135 cm³/mol. The third-order valence-electron chi connectivity index (χ3n) is 6.37. The molecule has 0 aliphatic carbocycles. The molecule has 0 amide bonds. The van der Waals surface area contributed by atoms with Gasteiger partial charge in [-0.25, -0.2) is 0 Å². The standard InChI is InChI=1S/C27H27N5S/c1-19-16-23(20(2)31(19)17-21-10-4-3-5-11-21)26-25(24-13-7-9-15-29-24)30-27(33)32(26)18-22-12-6-8-14-28-22/h3-16,25-26H,17-18H2,1-2H3,(H,30,33)/t25-,26+/m0/s1. The van der Waals surface area contributed by atoms with Crippen molar-refractivity contribution in [2.45, 2.75) is 39.0 Å². The molecule has 5 nitrogen and oxygen atoms in total. The zero-order valence-electron chi connectivity index (χ0n) is 18.8. The Hall–Kier alpha value is -3.51. The van der Waals surface area contributed by atoms with E-state index < -0.39 is 0 Å². The summed E-state index contributed by atoms with van der Waals surface area (Å²) in [5.74, 6) is 0. The fraction of sp³-hybridized carbons (Fsp3) is 0.222. The third kappa shape index (κ3) is 4.26. The Morgan fingerprint density at radius 2 is 1.61 bits per heavy atom. The molecule has 6 heteroatoms. The number of pyridine rings is 2. The molecule has 1 fully saturated rings. The van der Waals surface area contributed by atoms with E-state index in [1.165, 1.54) is 22.5 Å². The van der Waals surface area contributed by atoms with Gasteiger partial charge in [-0.1, -0.05) is 42.5 Å². The molecule has 3 aromatic heterocycles. The second-order valence-corrected chi connectivity index (χ2v) is 8.86. The van der Waals surface area contributed by atoms with Crippen LogP contribution in [0.4, 0.5) is 0 Å². The summed E-state index contributed by atoms with van der Waals surface area (Å²) >= 11 is 5.83. The molecule has 0 bridgehead atoms. The molecule has 2 atom stereocenters. The second-order valence-electron chi connectivity index (χ2n) is 8.47. The summed E-state index contributed by atoms with van der Waals surface area (Å²) in [6.07, 6.45) is 3.68. The highest BCUT2D eigenvalue weighted by atomic mass is 32.1. The van der Waals surface area contributed by atoms with E-state index in [9.17, 15) is 0 Å². The molecular formula is C27H27N5S. The van der Waals surface area contributed by atoms with Crippen molar-refractivity contribution in [2.75, 3.05) is 0 Å². The first-order chi connectivity index (χ1) is 16.1. The molecule has 1 aromatic carbocycles. The minimum atomic E-state index is -0.0342. The molecule has 0 unspecified atom stereocenters. The van der Waals surface area contributed by atoms with Crippen LogP contribution in [0.25, 0.3) is 0 Å². The lowest BCUT2D eigenvalue weighted by Gasteiger charge is -2.28. The molecule has 1 N–H and O–H groups in total. The van der Waals surface area contributed by atoms with E-state index in [-0.39, 0.29) is 12.1 Å². The zero-order chi connectivity index (χ0) is 22.8. The van der Waals surface area contributed by atoms with Crippen LogP contribution < -0.4 is 5.32 Å². The Morgan fingerprint density at radius 3 is 2.30 bits per heavy atom. The topological polar surface area (TPSA) is 46.0 Å².